The number of rotatable bonds is 3. The van der Waals surface area contributed by atoms with Gasteiger partial charge in [-0.1, -0.05) is 13.8 Å². The largest absolute Gasteiger partial charge is 0.465 e. The highest BCUT2D eigenvalue weighted by Gasteiger charge is 2.71. The maximum absolute atomic E-state index is 12.9. The lowest BCUT2D eigenvalue weighted by molar-refractivity contribution is -0.197. The summed E-state index contributed by atoms with van der Waals surface area (Å²) >= 11 is 0. The van der Waals surface area contributed by atoms with Gasteiger partial charge in [0, 0.05) is 6.42 Å². The van der Waals surface area contributed by atoms with Crippen LogP contribution in [0.3, 0.4) is 0 Å². The molecule has 4 aliphatic rings. The predicted octanol–water partition coefficient (Wildman–Crippen LogP) is 3.34. The van der Waals surface area contributed by atoms with Crippen LogP contribution in [0.1, 0.15) is 66.2 Å². The van der Waals surface area contributed by atoms with E-state index in [4.69, 9.17) is 9.47 Å². The van der Waals surface area contributed by atoms with Gasteiger partial charge in [0.25, 0.3) is 0 Å². The van der Waals surface area contributed by atoms with E-state index in [-0.39, 0.29) is 40.0 Å². The molecule has 0 aromatic rings. The van der Waals surface area contributed by atoms with Crippen LogP contribution in [0.15, 0.2) is 0 Å². The number of esters is 1. The summed E-state index contributed by atoms with van der Waals surface area (Å²) in [6.07, 6.45) is 5.89. The van der Waals surface area contributed by atoms with Gasteiger partial charge in [-0.3, -0.25) is 9.59 Å². The Kier molecular flexibility index (Phi) is 4.16. The summed E-state index contributed by atoms with van der Waals surface area (Å²) in [6, 6.07) is 0. The van der Waals surface area contributed by atoms with Crippen LogP contribution in [-0.4, -0.2) is 36.9 Å². The maximum Gasteiger partial charge on any atom is 0.319 e. The standard InChI is InChI=1S/C22H32O5/c1-5-26-18(25)21(4)15-6-9-20(3)14(19(15,2)10-8-17(21)24)7-11-22(13-27-22)16(20)12-23/h12,14-16H,5-11,13H2,1-4H3/t14-,15-,16+,19-,20-,21-,22-/m1/s1. The maximum atomic E-state index is 12.9. The second-order valence-electron chi connectivity index (χ2n) is 10.0. The fourth-order valence-electron chi connectivity index (χ4n) is 7.50. The molecule has 0 aromatic heterocycles. The summed E-state index contributed by atoms with van der Waals surface area (Å²) in [5, 5.41) is 0. The molecule has 1 spiro atoms. The van der Waals surface area contributed by atoms with Crippen molar-refractivity contribution in [2.24, 2.45) is 34.0 Å². The van der Waals surface area contributed by atoms with E-state index in [2.05, 4.69) is 13.8 Å². The first-order valence-corrected chi connectivity index (χ1v) is 10.5. The predicted molar refractivity (Wildman–Crippen MR) is 98.9 cm³/mol. The number of carbonyl (C=O) groups is 3. The molecule has 1 heterocycles. The Labute approximate surface area is 161 Å². The van der Waals surface area contributed by atoms with E-state index < -0.39 is 5.41 Å². The molecule has 0 unspecified atom stereocenters. The molecule has 4 rings (SSSR count). The summed E-state index contributed by atoms with van der Waals surface area (Å²) in [5.41, 5.74) is -1.57. The molecular weight excluding hydrogens is 344 g/mol. The zero-order chi connectivity index (χ0) is 19.7. The molecule has 5 nitrogen and oxygen atoms in total. The average molecular weight is 376 g/mol. The number of ether oxygens (including phenoxy) is 2. The molecule has 1 saturated heterocycles. The molecule has 0 amide bonds. The fourth-order valence-corrected chi connectivity index (χ4v) is 7.50. The second-order valence-corrected chi connectivity index (χ2v) is 10.0. The molecule has 0 N–H and O–H groups in total. The van der Waals surface area contributed by atoms with E-state index in [1.54, 1.807) is 6.92 Å². The second kappa shape index (κ2) is 5.88. The normalized spacial score (nSPS) is 51.3. The summed E-state index contributed by atoms with van der Waals surface area (Å²) < 4.78 is 11.2. The molecule has 150 valence electrons. The van der Waals surface area contributed by atoms with Crippen molar-refractivity contribution in [1.29, 1.82) is 0 Å². The minimum atomic E-state index is -1.06. The zero-order valence-corrected chi connectivity index (χ0v) is 17.0. The van der Waals surface area contributed by atoms with Crippen molar-refractivity contribution < 1.29 is 23.9 Å². The first-order valence-electron chi connectivity index (χ1n) is 10.5. The van der Waals surface area contributed by atoms with Crippen LogP contribution >= 0.6 is 0 Å². The summed E-state index contributed by atoms with van der Waals surface area (Å²) in [4.78, 5) is 37.9. The molecule has 27 heavy (non-hydrogen) atoms. The molecule has 5 heteroatoms. The number of hydrogen-bond donors (Lipinski definition) is 0. The lowest BCUT2D eigenvalue weighted by atomic mass is 9.38. The lowest BCUT2D eigenvalue weighted by Crippen LogP contribution is -2.64. The van der Waals surface area contributed by atoms with Crippen molar-refractivity contribution in [3.05, 3.63) is 0 Å². The van der Waals surface area contributed by atoms with Gasteiger partial charge in [0.05, 0.1) is 19.1 Å². The zero-order valence-electron chi connectivity index (χ0n) is 17.0. The monoisotopic (exact) mass is 376 g/mol. The topological polar surface area (TPSA) is 73.0 Å². The Morgan fingerprint density at radius 3 is 2.41 bits per heavy atom. The molecule has 0 bridgehead atoms. The van der Waals surface area contributed by atoms with E-state index in [0.717, 1.165) is 38.4 Å². The van der Waals surface area contributed by atoms with Crippen molar-refractivity contribution in [2.45, 2.75) is 71.8 Å². The first-order chi connectivity index (χ1) is 12.7. The van der Waals surface area contributed by atoms with E-state index in [1.807, 2.05) is 6.92 Å². The lowest BCUT2D eigenvalue weighted by Gasteiger charge is -2.65. The Morgan fingerprint density at radius 2 is 1.81 bits per heavy atom. The van der Waals surface area contributed by atoms with E-state index in [9.17, 15) is 14.4 Å². The third-order valence-corrected chi connectivity index (χ3v) is 9.01. The molecule has 3 aliphatic carbocycles. The van der Waals surface area contributed by atoms with E-state index in [0.29, 0.717) is 25.6 Å². The van der Waals surface area contributed by atoms with Gasteiger partial charge in [-0.2, -0.15) is 0 Å². The van der Waals surface area contributed by atoms with Gasteiger partial charge < -0.3 is 14.3 Å². The Morgan fingerprint density at radius 1 is 1.15 bits per heavy atom. The summed E-state index contributed by atoms with van der Waals surface area (Å²) in [6.45, 7) is 9.09. The fraction of sp³-hybridized carbons (Fsp3) is 0.864. The van der Waals surface area contributed by atoms with Crippen molar-refractivity contribution in [3.8, 4) is 0 Å². The number of ketones is 1. The van der Waals surface area contributed by atoms with Crippen molar-refractivity contribution in [1.82, 2.24) is 0 Å². The highest BCUT2D eigenvalue weighted by atomic mass is 16.6. The third kappa shape index (κ3) is 2.30. The number of Topliss-reactive ketones (excluding diaryl/α,β-unsaturated/α-hetero) is 1. The van der Waals surface area contributed by atoms with Gasteiger partial charge in [-0.05, 0) is 68.6 Å². The molecule has 3 saturated carbocycles. The van der Waals surface area contributed by atoms with Gasteiger partial charge >= 0.3 is 5.97 Å². The van der Waals surface area contributed by atoms with Gasteiger partial charge in [0.15, 0.2) is 0 Å². The van der Waals surface area contributed by atoms with Crippen LogP contribution in [0.5, 0.6) is 0 Å². The minimum absolute atomic E-state index is 0.0233. The quantitative estimate of drug-likeness (QED) is 0.327. The number of epoxide rings is 1. The average Bonchev–Trinajstić information content (AvgIpc) is 3.38. The van der Waals surface area contributed by atoms with Gasteiger partial charge in [-0.15, -0.1) is 0 Å². The third-order valence-electron chi connectivity index (χ3n) is 9.01. The van der Waals surface area contributed by atoms with Crippen molar-refractivity contribution >= 4 is 18.0 Å². The van der Waals surface area contributed by atoms with E-state index in [1.165, 1.54) is 0 Å². The number of carbonyl (C=O) groups excluding carboxylic acids is 3. The molecular formula is C22H32O5. The molecule has 7 atom stereocenters. The molecule has 1 aliphatic heterocycles. The van der Waals surface area contributed by atoms with Crippen LogP contribution < -0.4 is 0 Å². The molecule has 0 radical (unpaired) electrons. The number of fused-ring (bicyclic) bond motifs is 3. The first kappa shape index (κ1) is 19.1. The highest BCUT2D eigenvalue weighted by Crippen LogP contribution is 2.70. The number of aldehydes is 1. The smallest absolute Gasteiger partial charge is 0.319 e. The Bertz CT molecular complexity index is 682. The van der Waals surface area contributed by atoms with Crippen molar-refractivity contribution in [2.75, 3.05) is 13.2 Å². The van der Waals surface area contributed by atoms with E-state index >= 15 is 0 Å². The van der Waals surface area contributed by atoms with Crippen LogP contribution in [-0.2, 0) is 23.9 Å². The van der Waals surface area contributed by atoms with Gasteiger partial charge in [-0.25, -0.2) is 0 Å². The minimum Gasteiger partial charge on any atom is -0.465 e. The van der Waals surface area contributed by atoms with Crippen molar-refractivity contribution in [3.63, 3.8) is 0 Å². The van der Waals surface area contributed by atoms with Gasteiger partial charge in [0.2, 0.25) is 0 Å². The van der Waals surface area contributed by atoms with Crippen LogP contribution in [0, 0.1) is 34.0 Å². The summed E-state index contributed by atoms with van der Waals surface area (Å²) in [5.74, 6) is -0.135. The van der Waals surface area contributed by atoms with Gasteiger partial charge in [0.1, 0.15) is 23.1 Å². The van der Waals surface area contributed by atoms with Crippen LogP contribution in [0.4, 0.5) is 0 Å². The highest BCUT2D eigenvalue weighted by molar-refractivity contribution is 6.04. The Balaban J connectivity index is 1.74. The molecule has 0 aromatic carbocycles. The SMILES string of the molecule is CCOC(=O)[C@@]1(C)C(=O)CC[C@]2(C)[C@H]3CC[C@@]4(CO4)[C@@H](C=O)[C@]3(C)CC[C@@H]12. The molecule has 4 fully saturated rings. The van der Waals surface area contributed by atoms with Crippen LogP contribution in [0.25, 0.3) is 0 Å². The number of hydrogen-bond acceptors (Lipinski definition) is 5. The summed E-state index contributed by atoms with van der Waals surface area (Å²) in [7, 11) is 0. The van der Waals surface area contributed by atoms with Crippen LogP contribution in [0.2, 0.25) is 0 Å². The Hall–Kier alpha value is -1.23.